The van der Waals surface area contributed by atoms with Crippen molar-refractivity contribution in [1.29, 1.82) is 0 Å². The second-order valence-electron chi connectivity index (χ2n) is 5.18. The summed E-state index contributed by atoms with van der Waals surface area (Å²) in [6, 6.07) is 7.53. The van der Waals surface area contributed by atoms with Gasteiger partial charge in [0.1, 0.15) is 12.4 Å². The topological polar surface area (TPSA) is 41.6 Å². The Morgan fingerprint density at radius 3 is 2.50 bits per heavy atom. The monoisotopic (exact) mass is 278 g/mol. The number of hydrogen-bond donors (Lipinski definition) is 1. The van der Waals surface area contributed by atoms with Gasteiger partial charge in [0.25, 0.3) is 0 Å². The third kappa shape index (κ3) is 7.14. The van der Waals surface area contributed by atoms with Crippen LogP contribution in [-0.4, -0.2) is 38.1 Å². The first kappa shape index (κ1) is 16.5. The molecule has 1 amide bonds. The van der Waals surface area contributed by atoms with Gasteiger partial charge in [0, 0.05) is 18.7 Å². The average Bonchev–Trinajstić information content (AvgIpc) is 2.41. The van der Waals surface area contributed by atoms with Crippen molar-refractivity contribution >= 4 is 11.6 Å². The molecule has 0 aliphatic rings. The SMILES string of the molecule is CCCCCC(=O)Nc1ccc(OCCN(C)C)cc1. The maximum Gasteiger partial charge on any atom is 0.224 e. The fourth-order valence-corrected chi connectivity index (χ4v) is 1.74. The summed E-state index contributed by atoms with van der Waals surface area (Å²) in [5.74, 6) is 0.913. The van der Waals surface area contributed by atoms with Crippen LogP contribution in [0.5, 0.6) is 5.75 Å². The predicted molar refractivity (Wildman–Crippen MR) is 83.3 cm³/mol. The number of carbonyl (C=O) groups is 1. The third-order valence-corrected chi connectivity index (χ3v) is 2.95. The van der Waals surface area contributed by atoms with E-state index in [0.29, 0.717) is 13.0 Å². The van der Waals surface area contributed by atoms with Crippen molar-refractivity contribution < 1.29 is 9.53 Å². The number of rotatable bonds is 9. The molecule has 4 nitrogen and oxygen atoms in total. The Balaban J connectivity index is 2.32. The fourth-order valence-electron chi connectivity index (χ4n) is 1.74. The van der Waals surface area contributed by atoms with E-state index < -0.39 is 0 Å². The van der Waals surface area contributed by atoms with Gasteiger partial charge in [0.2, 0.25) is 5.91 Å². The van der Waals surface area contributed by atoms with Crippen LogP contribution in [0, 0.1) is 0 Å². The standard InChI is InChI=1S/C16H26N2O2/c1-4-5-6-7-16(19)17-14-8-10-15(11-9-14)20-13-12-18(2)3/h8-11H,4-7,12-13H2,1-3H3,(H,17,19). The van der Waals surface area contributed by atoms with Crippen molar-refractivity contribution in [2.24, 2.45) is 0 Å². The number of amides is 1. The summed E-state index contributed by atoms with van der Waals surface area (Å²) in [6.45, 7) is 3.68. The lowest BCUT2D eigenvalue weighted by molar-refractivity contribution is -0.116. The zero-order valence-electron chi connectivity index (χ0n) is 12.8. The smallest absolute Gasteiger partial charge is 0.224 e. The van der Waals surface area contributed by atoms with E-state index in [0.717, 1.165) is 37.2 Å². The lowest BCUT2D eigenvalue weighted by Gasteiger charge is -2.11. The number of nitrogens with zero attached hydrogens (tertiary/aromatic N) is 1. The molecule has 0 aromatic heterocycles. The zero-order valence-corrected chi connectivity index (χ0v) is 12.8. The van der Waals surface area contributed by atoms with Crippen LogP contribution >= 0.6 is 0 Å². The van der Waals surface area contributed by atoms with Gasteiger partial charge in [-0.05, 0) is 44.8 Å². The van der Waals surface area contributed by atoms with Gasteiger partial charge in [-0.25, -0.2) is 0 Å². The lowest BCUT2D eigenvalue weighted by atomic mass is 10.2. The maximum absolute atomic E-state index is 11.7. The van der Waals surface area contributed by atoms with E-state index in [2.05, 4.69) is 17.1 Å². The quantitative estimate of drug-likeness (QED) is 0.706. The molecule has 4 heteroatoms. The van der Waals surface area contributed by atoms with Crippen molar-refractivity contribution in [3.63, 3.8) is 0 Å². The van der Waals surface area contributed by atoms with Crippen LogP contribution in [0.4, 0.5) is 5.69 Å². The minimum atomic E-state index is 0.0831. The van der Waals surface area contributed by atoms with E-state index >= 15 is 0 Å². The molecule has 0 radical (unpaired) electrons. The minimum Gasteiger partial charge on any atom is -0.492 e. The zero-order chi connectivity index (χ0) is 14.8. The van der Waals surface area contributed by atoms with E-state index in [9.17, 15) is 4.79 Å². The predicted octanol–water partition coefficient (Wildman–Crippen LogP) is 3.15. The van der Waals surface area contributed by atoms with E-state index in [1.807, 2.05) is 38.4 Å². The van der Waals surface area contributed by atoms with Gasteiger partial charge in [-0.3, -0.25) is 4.79 Å². The molecule has 1 N–H and O–H groups in total. The molecular formula is C16H26N2O2. The number of ether oxygens (including phenoxy) is 1. The molecule has 0 saturated heterocycles. The highest BCUT2D eigenvalue weighted by Crippen LogP contribution is 2.16. The Bertz CT molecular complexity index is 388. The Kier molecular flexibility index (Phi) is 7.73. The van der Waals surface area contributed by atoms with Gasteiger partial charge in [0.15, 0.2) is 0 Å². The van der Waals surface area contributed by atoms with E-state index in [1.54, 1.807) is 0 Å². The molecule has 1 rings (SSSR count). The summed E-state index contributed by atoms with van der Waals surface area (Å²) in [4.78, 5) is 13.7. The molecule has 0 bridgehead atoms. The van der Waals surface area contributed by atoms with E-state index in [4.69, 9.17) is 4.74 Å². The van der Waals surface area contributed by atoms with Crippen LogP contribution in [0.25, 0.3) is 0 Å². The summed E-state index contributed by atoms with van der Waals surface area (Å²) >= 11 is 0. The molecule has 20 heavy (non-hydrogen) atoms. The van der Waals surface area contributed by atoms with Gasteiger partial charge in [-0.15, -0.1) is 0 Å². The molecule has 0 fully saturated rings. The molecule has 0 aliphatic heterocycles. The highest BCUT2D eigenvalue weighted by molar-refractivity contribution is 5.90. The lowest BCUT2D eigenvalue weighted by Crippen LogP contribution is -2.19. The molecule has 0 atom stereocenters. The minimum absolute atomic E-state index is 0.0831. The number of benzene rings is 1. The second-order valence-corrected chi connectivity index (χ2v) is 5.18. The fraction of sp³-hybridized carbons (Fsp3) is 0.562. The van der Waals surface area contributed by atoms with Crippen molar-refractivity contribution in [1.82, 2.24) is 4.90 Å². The van der Waals surface area contributed by atoms with Crippen LogP contribution in [0.1, 0.15) is 32.6 Å². The Labute approximate surface area is 122 Å². The average molecular weight is 278 g/mol. The molecule has 0 aliphatic carbocycles. The molecule has 112 valence electrons. The molecule has 0 unspecified atom stereocenters. The highest BCUT2D eigenvalue weighted by Gasteiger charge is 2.02. The number of carbonyl (C=O) groups excluding carboxylic acids is 1. The molecule has 0 heterocycles. The first-order valence-electron chi connectivity index (χ1n) is 7.29. The largest absolute Gasteiger partial charge is 0.492 e. The van der Waals surface area contributed by atoms with Crippen LogP contribution in [-0.2, 0) is 4.79 Å². The molecule has 0 spiro atoms. The normalized spacial score (nSPS) is 10.6. The van der Waals surface area contributed by atoms with Crippen molar-refractivity contribution in [2.75, 3.05) is 32.6 Å². The maximum atomic E-state index is 11.7. The van der Waals surface area contributed by atoms with Gasteiger partial charge in [-0.2, -0.15) is 0 Å². The van der Waals surface area contributed by atoms with Crippen molar-refractivity contribution in [3.05, 3.63) is 24.3 Å². The second kappa shape index (κ2) is 9.37. The molecule has 1 aromatic rings. The Morgan fingerprint density at radius 2 is 1.90 bits per heavy atom. The number of unbranched alkanes of at least 4 members (excludes halogenated alkanes) is 2. The number of nitrogens with one attached hydrogen (secondary N) is 1. The number of likely N-dealkylation sites (N-methyl/N-ethyl adjacent to an activating group) is 1. The highest BCUT2D eigenvalue weighted by atomic mass is 16.5. The summed E-state index contributed by atoms with van der Waals surface area (Å²) in [7, 11) is 4.03. The van der Waals surface area contributed by atoms with Crippen molar-refractivity contribution in [2.45, 2.75) is 32.6 Å². The summed E-state index contributed by atoms with van der Waals surface area (Å²) in [5, 5.41) is 2.90. The van der Waals surface area contributed by atoms with Gasteiger partial charge in [-0.1, -0.05) is 19.8 Å². The third-order valence-electron chi connectivity index (χ3n) is 2.95. The van der Waals surface area contributed by atoms with Gasteiger partial charge in [0.05, 0.1) is 0 Å². The molecule has 1 aromatic carbocycles. The van der Waals surface area contributed by atoms with Gasteiger partial charge >= 0.3 is 0 Å². The first-order chi connectivity index (χ1) is 9.61. The van der Waals surface area contributed by atoms with E-state index in [1.165, 1.54) is 0 Å². The molecular weight excluding hydrogens is 252 g/mol. The van der Waals surface area contributed by atoms with E-state index in [-0.39, 0.29) is 5.91 Å². The van der Waals surface area contributed by atoms with Gasteiger partial charge < -0.3 is 15.0 Å². The van der Waals surface area contributed by atoms with Crippen LogP contribution in [0.15, 0.2) is 24.3 Å². The van der Waals surface area contributed by atoms with Crippen molar-refractivity contribution in [3.8, 4) is 5.75 Å². The van der Waals surface area contributed by atoms with Crippen LogP contribution < -0.4 is 10.1 Å². The summed E-state index contributed by atoms with van der Waals surface area (Å²) < 4.78 is 5.60. The van der Waals surface area contributed by atoms with Crippen LogP contribution in [0.3, 0.4) is 0 Å². The number of hydrogen-bond acceptors (Lipinski definition) is 3. The molecule has 0 saturated carbocycles. The first-order valence-corrected chi connectivity index (χ1v) is 7.29. The summed E-state index contributed by atoms with van der Waals surface area (Å²) in [6.07, 6.45) is 3.78. The van der Waals surface area contributed by atoms with Crippen LogP contribution in [0.2, 0.25) is 0 Å². The Morgan fingerprint density at radius 1 is 1.20 bits per heavy atom. The summed E-state index contributed by atoms with van der Waals surface area (Å²) in [5.41, 5.74) is 0.825. The Hall–Kier alpha value is -1.55. The number of anilines is 1.